The molecule has 2 amide bonds. The van der Waals surface area contributed by atoms with Crippen molar-refractivity contribution in [3.8, 4) is 0 Å². The van der Waals surface area contributed by atoms with E-state index in [2.05, 4.69) is 16.0 Å². The van der Waals surface area contributed by atoms with E-state index in [4.69, 9.17) is 14.6 Å². The van der Waals surface area contributed by atoms with Gasteiger partial charge in [-0.15, -0.1) is 0 Å². The van der Waals surface area contributed by atoms with Crippen LogP contribution in [0.3, 0.4) is 0 Å². The van der Waals surface area contributed by atoms with Crippen LogP contribution in [0.25, 0.3) is 0 Å². The Kier molecular flexibility index (Phi) is 9.76. The molecule has 0 radical (unpaired) electrons. The maximum Gasteiger partial charge on any atom is 0.418 e. The second-order valence-electron chi connectivity index (χ2n) is 6.46. The quantitative estimate of drug-likeness (QED) is 0.364. The van der Waals surface area contributed by atoms with E-state index in [9.17, 15) is 22.8 Å². The van der Waals surface area contributed by atoms with Crippen molar-refractivity contribution < 1.29 is 37.3 Å². The van der Waals surface area contributed by atoms with E-state index in [0.717, 1.165) is 6.07 Å². The average molecular weight is 455 g/mol. The summed E-state index contributed by atoms with van der Waals surface area (Å²) in [6.07, 6.45) is -5.75. The van der Waals surface area contributed by atoms with E-state index in [1.165, 1.54) is 12.1 Å². The lowest BCUT2D eigenvalue weighted by molar-refractivity contribution is -0.136. The summed E-state index contributed by atoms with van der Waals surface area (Å²) < 4.78 is 50.8. The molecule has 11 heteroatoms. The molecule has 0 aliphatic rings. The van der Waals surface area contributed by atoms with Crippen LogP contribution in [0.15, 0.2) is 48.5 Å². The van der Waals surface area contributed by atoms with E-state index in [-0.39, 0.29) is 50.9 Å². The molecule has 8 nitrogen and oxygen atoms in total. The number of rotatable bonds is 12. The van der Waals surface area contributed by atoms with Crippen LogP contribution in [0.1, 0.15) is 15.9 Å². The van der Waals surface area contributed by atoms with E-state index in [0.29, 0.717) is 5.56 Å². The topological polar surface area (TPSA) is 109 Å². The number of hydrogen-bond acceptors (Lipinski definition) is 5. The van der Waals surface area contributed by atoms with Gasteiger partial charge in [0.05, 0.1) is 32.0 Å². The summed E-state index contributed by atoms with van der Waals surface area (Å²) in [5, 5.41) is 15.7. The number of hydrogen-bond donors (Lipinski definition) is 4. The van der Waals surface area contributed by atoms with Gasteiger partial charge in [0.2, 0.25) is 0 Å². The first-order chi connectivity index (χ1) is 15.3. The summed E-state index contributed by atoms with van der Waals surface area (Å²) in [6.45, 7) is 1.05. The molecular formula is C21H24F3N3O5. The number of anilines is 2. The van der Waals surface area contributed by atoms with Gasteiger partial charge in [-0.1, -0.05) is 18.2 Å². The van der Waals surface area contributed by atoms with Crippen molar-refractivity contribution >= 4 is 23.4 Å². The second-order valence-corrected chi connectivity index (χ2v) is 6.46. The summed E-state index contributed by atoms with van der Waals surface area (Å²) in [4.78, 5) is 22.4. The Bertz CT molecular complexity index is 879. The van der Waals surface area contributed by atoms with Crippen molar-refractivity contribution in [1.29, 1.82) is 0 Å². The highest BCUT2D eigenvalue weighted by Crippen LogP contribution is 2.36. The minimum absolute atomic E-state index is 0.0301. The highest BCUT2D eigenvalue weighted by atomic mass is 19.4. The molecule has 0 heterocycles. The van der Waals surface area contributed by atoms with Gasteiger partial charge in [-0.3, -0.25) is 4.79 Å². The van der Waals surface area contributed by atoms with Crippen LogP contribution in [0, 0.1) is 0 Å². The van der Waals surface area contributed by atoms with Crippen molar-refractivity contribution in [2.45, 2.75) is 6.18 Å². The summed E-state index contributed by atoms with van der Waals surface area (Å²) in [5.74, 6) is -0.506. The molecule has 0 saturated heterocycles. The molecule has 0 aliphatic carbocycles. The van der Waals surface area contributed by atoms with Gasteiger partial charge >= 0.3 is 12.3 Å². The molecule has 32 heavy (non-hydrogen) atoms. The fraction of sp³-hybridized carbons (Fsp3) is 0.333. The number of alkyl halides is 3. The average Bonchev–Trinajstić information content (AvgIpc) is 2.75. The molecule has 0 atom stereocenters. The monoisotopic (exact) mass is 455 g/mol. The van der Waals surface area contributed by atoms with Gasteiger partial charge in [-0.05, 0) is 30.3 Å². The first kappa shape index (κ1) is 25.0. The van der Waals surface area contributed by atoms with Crippen molar-refractivity contribution in [2.75, 3.05) is 50.2 Å². The first-order valence-corrected chi connectivity index (χ1v) is 9.71. The second kappa shape index (κ2) is 12.5. The van der Waals surface area contributed by atoms with Gasteiger partial charge in [-0.25, -0.2) is 4.79 Å². The van der Waals surface area contributed by atoms with E-state index in [1.807, 2.05) is 0 Å². The van der Waals surface area contributed by atoms with Crippen LogP contribution in [0.4, 0.5) is 29.3 Å². The van der Waals surface area contributed by atoms with Crippen LogP contribution in [0.2, 0.25) is 0 Å². The minimum atomic E-state index is -4.62. The Morgan fingerprint density at radius 1 is 0.906 bits per heavy atom. The number of halogens is 3. The lowest BCUT2D eigenvalue weighted by Crippen LogP contribution is -2.25. The van der Waals surface area contributed by atoms with Gasteiger partial charge in [-0.2, -0.15) is 13.2 Å². The third kappa shape index (κ3) is 8.82. The van der Waals surface area contributed by atoms with Crippen molar-refractivity contribution in [2.24, 2.45) is 0 Å². The van der Waals surface area contributed by atoms with Crippen LogP contribution in [-0.4, -0.2) is 56.6 Å². The van der Waals surface area contributed by atoms with Crippen LogP contribution < -0.4 is 16.0 Å². The zero-order valence-corrected chi connectivity index (χ0v) is 17.1. The normalized spacial score (nSPS) is 11.1. The Balaban J connectivity index is 1.81. The SMILES string of the molecule is O=C(O)NCCOCCOCCNc1ccc(NC(=O)c2ccccc2)cc1C(F)(F)F. The number of carboxylic acid groups (broad SMARTS) is 1. The van der Waals surface area contributed by atoms with Gasteiger partial charge in [0.25, 0.3) is 5.91 Å². The Hall–Kier alpha value is -3.31. The third-order valence-corrected chi connectivity index (χ3v) is 4.08. The number of ether oxygens (including phenoxy) is 2. The Morgan fingerprint density at radius 2 is 1.56 bits per heavy atom. The van der Waals surface area contributed by atoms with E-state index in [1.54, 1.807) is 30.3 Å². The zero-order valence-electron chi connectivity index (χ0n) is 17.1. The molecule has 2 aromatic rings. The molecule has 0 saturated carbocycles. The molecule has 0 unspecified atom stereocenters. The molecule has 4 N–H and O–H groups in total. The maximum atomic E-state index is 13.5. The molecule has 0 spiro atoms. The van der Waals surface area contributed by atoms with Gasteiger partial charge in [0.1, 0.15) is 0 Å². The molecule has 0 aliphatic heterocycles. The standard InChI is InChI=1S/C21H24F3N3O5/c22-21(23,24)17-14-16(27-19(28)15-4-2-1-3-5-15)6-7-18(17)25-8-10-31-12-13-32-11-9-26-20(29)30/h1-7,14,25-26H,8-13H2,(H,27,28)(H,29,30). The number of benzene rings is 2. The first-order valence-electron chi connectivity index (χ1n) is 9.71. The molecular weight excluding hydrogens is 431 g/mol. The van der Waals surface area contributed by atoms with Gasteiger partial charge < -0.3 is 30.5 Å². The van der Waals surface area contributed by atoms with Crippen molar-refractivity contribution in [3.05, 3.63) is 59.7 Å². The summed E-state index contributed by atoms with van der Waals surface area (Å²) in [5.41, 5.74) is -0.669. The summed E-state index contributed by atoms with van der Waals surface area (Å²) >= 11 is 0. The molecule has 174 valence electrons. The van der Waals surface area contributed by atoms with Crippen molar-refractivity contribution in [1.82, 2.24) is 5.32 Å². The van der Waals surface area contributed by atoms with Crippen LogP contribution in [0.5, 0.6) is 0 Å². The molecule has 0 aromatic heterocycles. The lowest BCUT2D eigenvalue weighted by atomic mass is 10.1. The highest BCUT2D eigenvalue weighted by Gasteiger charge is 2.34. The largest absolute Gasteiger partial charge is 0.465 e. The number of nitrogens with one attached hydrogen (secondary N) is 3. The van der Waals surface area contributed by atoms with Crippen LogP contribution >= 0.6 is 0 Å². The summed E-state index contributed by atoms with van der Waals surface area (Å²) in [6, 6.07) is 11.7. The van der Waals surface area contributed by atoms with Gasteiger partial charge in [0.15, 0.2) is 0 Å². The van der Waals surface area contributed by atoms with Crippen molar-refractivity contribution in [3.63, 3.8) is 0 Å². The fourth-order valence-corrected chi connectivity index (χ4v) is 2.61. The lowest BCUT2D eigenvalue weighted by Gasteiger charge is -2.16. The van der Waals surface area contributed by atoms with Crippen LogP contribution in [-0.2, 0) is 15.7 Å². The number of amides is 2. The fourth-order valence-electron chi connectivity index (χ4n) is 2.61. The maximum absolute atomic E-state index is 13.5. The van der Waals surface area contributed by atoms with Gasteiger partial charge in [0, 0.05) is 30.0 Å². The third-order valence-electron chi connectivity index (χ3n) is 4.08. The molecule has 0 bridgehead atoms. The minimum Gasteiger partial charge on any atom is -0.465 e. The number of carbonyl (C=O) groups excluding carboxylic acids is 1. The molecule has 2 aromatic carbocycles. The Labute approximate surface area is 182 Å². The number of carbonyl (C=O) groups is 2. The highest BCUT2D eigenvalue weighted by molar-refractivity contribution is 6.04. The van der Waals surface area contributed by atoms with E-state index < -0.39 is 23.7 Å². The van der Waals surface area contributed by atoms with E-state index >= 15 is 0 Å². The summed E-state index contributed by atoms with van der Waals surface area (Å²) in [7, 11) is 0. The molecule has 2 rings (SSSR count). The Morgan fingerprint density at radius 3 is 2.19 bits per heavy atom. The predicted octanol–water partition coefficient (Wildman–Crippen LogP) is 3.67. The smallest absolute Gasteiger partial charge is 0.418 e. The zero-order chi connectivity index (χ0) is 23.4. The predicted molar refractivity (Wildman–Crippen MR) is 112 cm³/mol. The molecule has 0 fully saturated rings.